The van der Waals surface area contributed by atoms with Crippen LogP contribution in [-0.2, 0) is 11.0 Å². The molecule has 40 heavy (non-hydrogen) atoms. The van der Waals surface area contributed by atoms with Crippen molar-refractivity contribution in [2.24, 2.45) is 5.10 Å². The number of methoxy groups -OCH3 is 2. The monoisotopic (exact) mass is 554 g/mol. The molecule has 0 bridgehead atoms. The van der Waals surface area contributed by atoms with Crippen LogP contribution in [0.2, 0.25) is 0 Å². The molecule has 3 aromatic carbocycles. The predicted octanol–water partition coefficient (Wildman–Crippen LogP) is 5.87. The Labute approximate surface area is 230 Å². The highest BCUT2D eigenvalue weighted by atomic mass is 19.4. The van der Waals surface area contributed by atoms with Crippen LogP contribution in [0.4, 0.5) is 23.7 Å². The van der Waals surface area contributed by atoms with Crippen molar-refractivity contribution in [1.82, 2.24) is 9.91 Å². The van der Waals surface area contributed by atoms with Gasteiger partial charge in [0.15, 0.2) is 0 Å². The first-order valence-electron chi connectivity index (χ1n) is 12.4. The van der Waals surface area contributed by atoms with Gasteiger partial charge >= 0.3 is 12.2 Å². The highest BCUT2D eigenvalue weighted by molar-refractivity contribution is 6.05. The van der Waals surface area contributed by atoms with Crippen molar-refractivity contribution in [1.29, 1.82) is 0 Å². The number of anilines is 1. The van der Waals surface area contributed by atoms with E-state index in [1.165, 1.54) is 12.1 Å². The zero-order valence-corrected chi connectivity index (χ0v) is 22.5. The molecule has 3 amide bonds. The summed E-state index contributed by atoms with van der Waals surface area (Å²) in [4.78, 5) is 27.3. The Kier molecular flexibility index (Phi) is 8.32. The first-order chi connectivity index (χ1) is 19.0. The number of carbonyl (C=O) groups is 2. The van der Waals surface area contributed by atoms with Crippen molar-refractivity contribution in [3.05, 3.63) is 89.0 Å². The van der Waals surface area contributed by atoms with Gasteiger partial charge in [0.2, 0.25) is 0 Å². The summed E-state index contributed by atoms with van der Waals surface area (Å²) in [6.45, 7) is 1.65. The minimum Gasteiger partial charge on any atom is -0.497 e. The summed E-state index contributed by atoms with van der Waals surface area (Å²) >= 11 is 0. The van der Waals surface area contributed by atoms with Crippen molar-refractivity contribution in [2.45, 2.75) is 25.6 Å². The summed E-state index contributed by atoms with van der Waals surface area (Å²) in [7, 11) is 4.52. The van der Waals surface area contributed by atoms with Gasteiger partial charge < -0.3 is 19.7 Å². The van der Waals surface area contributed by atoms with E-state index in [4.69, 9.17) is 9.47 Å². The smallest absolute Gasteiger partial charge is 0.416 e. The van der Waals surface area contributed by atoms with Crippen LogP contribution in [-0.4, -0.2) is 55.4 Å². The van der Waals surface area contributed by atoms with Gasteiger partial charge in [-0.2, -0.15) is 18.3 Å². The number of hydrogen-bond acceptors (Lipinski definition) is 5. The molecule has 1 aliphatic heterocycles. The van der Waals surface area contributed by atoms with Gasteiger partial charge in [0.05, 0.1) is 31.5 Å². The lowest BCUT2D eigenvalue weighted by molar-refractivity contribution is -0.137. The maximum absolute atomic E-state index is 13.5. The van der Waals surface area contributed by atoms with Gasteiger partial charge in [0, 0.05) is 30.8 Å². The molecule has 1 atom stereocenters. The molecule has 8 nitrogen and oxygen atoms in total. The lowest BCUT2D eigenvalue weighted by Crippen LogP contribution is -2.41. The molecule has 4 rings (SSSR count). The van der Waals surface area contributed by atoms with Crippen molar-refractivity contribution < 1.29 is 32.2 Å². The Bertz CT molecular complexity index is 1410. The fourth-order valence-electron chi connectivity index (χ4n) is 4.30. The van der Waals surface area contributed by atoms with E-state index in [1.807, 2.05) is 37.3 Å². The number of halogens is 3. The van der Waals surface area contributed by atoms with Crippen LogP contribution in [0.25, 0.3) is 0 Å². The van der Waals surface area contributed by atoms with Gasteiger partial charge in [-0.15, -0.1) is 0 Å². The van der Waals surface area contributed by atoms with E-state index >= 15 is 0 Å². The Morgan fingerprint density at radius 3 is 2.30 bits per heavy atom. The number of ether oxygens (including phenoxy) is 2. The molecule has 210 valence electrons. The summed E-state index contributed by atoms with van der Waals surface area (Å²) in [6, 6.07) is 16.1. The molecule has 3 aromatic rings. The van der Waals surface area contributed by atoms with Crippen LogP contribution in [0, 0.1) is 6.92 Å². The van der Waals surface area contributed by atoms with Gasteiger partial charge in [-0.3, -0.25) is 4.79 Å². The van der Waals surface area contributed by atoms with Crippen LogP contribution in [0.5, 0.6) is 11.5 Å². The van der Waals surface area contributed by atoms with Crippen LogP contribution >= 0.6 is 0 Å². The number of alkyl halides is 3. The zero-order chi connectivity index (χ0) is 29.0. The standard InChI is InChI=1S/C29H29F3N4O4/c1-18-5-7-19(8-6-18)25-16-24(23-14-13-22(39-3)15-26(23)40-4)34-36(25)27(37)17-35(2)28(38)33-21-11-9-20(10-12-21)29(30,31)32/h5-15,25H,16-17H2,1-4H3,(H,33,38). The number of urea groups is 1. The fraction of sp³-hybridized carbons (Fsp3) is 0.276. The summed E-state index contributed by atoms with van der Waals surface area (Å²) in [5.41, 5.74) is 2.63. The van der Waals surface area contributed by atoms with Crippen molar-refractivity contribution in [3.63, 3.8) is 0 Å². The van der Waals surface area contributed by atoms with Crippen molar-refractivity contribution in [3.8, 4) is 11.5 Å². The first-order valence-corrected chi connectivity index (χ1v) is 12.4. The molecule has 1 unspecified atom stereocenters. The van der Waals surface area contributed by atoms with E-state index in [-0.39, 0.29) is 12.2 Å². The molecule has 0 aliphatic carbocycles. The van der Waals surface area contributed by atoms with Gasteiger partial charge in [0.1, 0.15) is 18.0 Å². The SMILES string of the molecule is COc1ccc(C2=NN(C(=O)CN(C)C(=O)Nc3ccc(C(F)(F)F)cc3)C(c3ccc(C)cc3)C2)c(OC)c1. The molecule has 1 aliphatic rings. The molecule has 0 spiro atoms. The van der Waals surface area contributed by atoms with E-state index in [0.29, 0.717) is 29.2 Å². The highest BCUT2D eigenvalue weighted by Crippen LogP contribution is 2.36. The van der Waals surface area contributed by atoms with Gasteiger partial charge in [-0.1, -0.05) is 29.8 Å². The van der Waals surface area contributed by atoms with E-state index in [9.17, 15) is 22.8 Å². The number of aryl methyl sites for hydroxylation is 1. The average molecular weight is 555 g/mol. The van der Waals surface area contributed by atoms with Gasteiger partial charge in [-0.05, 0) is 48.9 Å². The Hall–Kier alpha value is -4.54. The number of nitrogens with zero attached hydrogens (tertiary/aromatic N) is 3. The number of benzene rings is 3. The first kappa shape index (κ1) is 28.5. The van der Waals surface area contributed by atoms with Crippen LogP contribution in [0.15, 0.2) is 71.8 Å². The number of hydrazone groups is 1. The normalized spacial score (nSPS) is 14.9. The third-order valence-electron chi connectivity index (χ3n) is 6.53. The molecular weight excluding hydrogens is 525 g/mol. The third kappa shape index (κ3) is 6.36. The molecule has 0 saturated heterocycles. The number of nitrogens with one attached hydrogen (secondary N) is 1. The predicted molar refractivity (Wildman–Crippen MR) is 145 cm³/mol. The van der Waals surface area contributed by atoms with E-state index in [2.05, 4.69) is 10.4 Å². The van der Waals surface area contributed by atoms with E-state index in [0.717, 1.165) is 40.3 Å². The molecule has 0 fully saturated rings. The molecule has 0 saturated carbocycles. The second kappa shape index (κ2) is 11.7. The summed E-state index contributed by atoms with van der Waals surface area (Å²) in [5.74, 6) is 0.726. The van der Waals surface area contributed by atoms with Crippen LogP contribution < -0.4 is 14.8 Å². The lowest BCUT2D eigenvalue weighted by atomic mass is 9.97. The Morgan fingerprint density at radius 1 is 1.02 bits per heavy atom. The van der Waals surface area contributed by atoms with E-state index in [1.54, 1.807) is 26.4 Å². The quantitative estimate of drug-likeness (QED) is 0.396. The molecule has 0 aromatic heterocycles. The van der Waals surface area contributed by atoms with Gasteiger partial charge in [0.25, 0.3) is 5.91 Å². The molecule has 1 N–H and O–H groups in total. The molecule has 1 heterocycles. The number of hydrogen-bond donors (Lipinski definition) is 1. The largest absolute Gasteiger partial charge is 0.497 e. The summed E-state index contributed by atoms with van der Waals surface area (Å²) < 4.78 is 49.3. The van der Waals surface area contributed by atoms with Crippen LogP contribution in [0.3, 0.4) is 0 Å². The maximum Gasteiger partial charge on any atom is 0.416 e. The summed E-state index contributed by atoms with van der Waals surface area (Å²) in [5, 5.41) is 8.52. The zero-order valence-electron chi connectivity index (χ0n) is 22.5. The van der Waals surface area contributed by atoms with Crippen LogP contribution in [0.1, 0.15) is 34.7 Å². The second-order valence-corrected chi connectivity index (χ2v) is 9.34. The topological polar surface area (TPSA) is 83.5 Å². The third-order valence-corrected chi connectivity index (χ3v) is 6.53. The molecular formula is C29H29F3N4O4. The second-order valence-electron chi connectivity index (χ2n) is 9.34. The molecule has 0 radical (unpaired) electrons. The number of likely N-dealkylation sites (N-methyl/N-ethyl adjacent to an activating group) is 1. The number of rotatable bonds is 7. The summed E-state index contributed by atoms with van der Waals surface area (Å²) in [6.07, 6.45) is -4.07. The highest BCUT2D eigenvalue weighted by Gasteiger charge is 2.35. The molecule has 11 heteroatoms. The fourth-order valence-corrected chi connectivity index (χ4v) is 4.30. The Balaban J connectivity index is 1.54. The van der Waals surface area contributed by atoms with Gasteiger partial charge in [-0.25, -0.2) is 9.80 Å². The number of amides is 3. The van der Waals surface area contributed by atoms with Crippen molar-refractivity contribution >= 4 is 23.3 Å². The Morgan fingerprint density at radius 2 is 1.70 bits per heavy atom. The minimum absolute atomic E-state index is 0.169. The minimum atomic E-state index is -4.48. The average Bonchev–Trinajstić information content (AvgIpc) is 3.38. The van der Waals surface area contributed by atoms with Crippen molar-refractivity contribution in [2.75, 3.05) is 33.1 Å². The van der Waals surface area contributed by atoms with E-state index < -0.39 is 29.7 Å². The maximum atomic E-state index is 13.5. The lowest BCUT2D eigenvalue weighted by Gasteiger charge is -2.25. The number of carbonyl (C=O) groups excluding carboxylic acids is 2.